The summed E-state index contributed by atoms with van der Waals surface area (Å²) in [5.41, 5.74) is 1.27. The molecule has 1 aromatic rings. The van der Waals surface area contributed by atoms with Crippen LogP contribution in [0.4, 0.5) is 0 Å². The van der Waals surface area contributed by atoms with Gasteiger partial charge in [0.05, 0.1) is 6.61 Å². The Morgan fingerprint density at radius 1 is 1.28 bits per heavy atom. The van der Waals surface area contributed by atoms with Crippen molar-refractivity contribution in [1.29, 1.82) is 0 Å². The van der Waals surface area contributed by atoms with Crippen LogP contribution in [0.5, 0.6) is 11.5 Å². The first-order valence-corrected chi connectivity index (χ1v) is 8.96. The number of nitrogens with zero attached hydrogens (tertiary/aromatic N) is 1. The number of amides is 1. The highest BCUT2D eigenvalue weighted by Crippen LogP contribution is 2.38. The van der Waals surface area contributed by atoms with E-state index in [1.165, 1.54) is 5.56 Å². The fourth-order valence-corrected chi connectivity index (χ4v) is 3.98. The molecule has 0 aromatic heterocycles. The molecule has 0 N–H and O–H groups in total. The molecule has 1 saturated heterocycles. The lowest BCUT2D eigenvalue weighted by molar-refractivity contribution is -0.139. The lowest BCUT2D eigenvalue weighted by Gasteiger charge is -2.43. The summed E-state index contributed by atoms with van der Waals surface area (Å²) in [5, 5.41) is 0. The van der Waals surface area contributed by atoms with Crippen LogP contribution in [0, 0.1) is 10.8 Å². The molecule has 5 nitrogen and oxygen atoms in total. The zero-order valence-corrected chi connectivity index (χ0v) is 15.8. The van der Waals surface area contributed by atoms with E-state index in [9.17, 15) is 4.79 Å². The maximum Gasteiger partial charge on any atom is 0.231 e. The first kappa shape index (κ1) is 18.1. The molecule has 2 aliphatic rings. The van der Waals surface area contributed by atoms with Crippen LogP contribution >= 0.6 is 0 Å². The van der Waals surface area contributed by atoms with Gasteiger partial charge in [-0.25, -0.2) is 0 Å². The number of carbonyl (C=O) groups excluding carboxylic acids is 1. The average Bonchev–Trinajstić information content (AvgIpc) is 2.98. The molecule has 25 heavy (non-hydrogen) atoms. The van der Waals surface area contributed by atoms with E-state index in [4.69, 9.17) is 14.2 Å². The van der Waals surface area contributed by atoms with Crippen LogP contribution in [0.15, 0.2) is 18.2 Å². The molecule has 2 aliphatic heterocycles. The van der Waals surface area contributed by atoms with Gasteiger partial charge in [0.1, 0.15) is 0 Å². The molecule has 5 heteroatoms. The van der Waals surface area contributed by atoms with E-state index in [0.29, 0.717) is 19.8 Å². The first-order chi connectivity index (χ1) is 11.8. The molecule has 0 spiro atoms. The SMILES string of the molecule is COCC(C)(C)CN1CC(C)(Cc2ccc3c(c2)OCO3)CCC1=O. The lowest BCUT2D eigenvalue weighted by Crippen LogP contribution is -2.50. The largest absolute Gasteiger partial charge is 0.454 e. The normalized spacial score (nSPS) is 23.2. The molecule has 138 valence electrons. The van der Waals surface area contributed by atoms with Crippen molar-refractivity contribution in [2.45, 2.75) is 40.0 Å². The maximum absolute atomic E-state index is 12.4. The summed E-state index contributed by atoms with van der Waals surface area (Å²) in [6.07, 6.45) is 2.46. The standard InChI is InChI=1S/C20H29NO4/c1-19(2,13-23-4)11-21-12-20(3,8-7-18(21)22)10-15-5-6-16-17(9-15)25-14-24-16/h5-6,9H,7-8,10-14H2,1-4H3. The highest BCUT2D eigenvalue weighted by Gasteiger charge is 2.37. The van der Waals surface area contributed by atoms with Crippen molar-refractivity contribution in [3.05, 3.63) is 23.8 Å². The third kappa shape index (κ3) is 4.27. The second kappa shape index (κ2) is 6.87. The first-order valence-electron chi connectivity index (χ1n) is 8.96. The number of likely N-dealkylation sites (tertiary alicyclic amines) is 1. The number of benzene rings is 1. The molecular formula is C20H29NO4. The lowest BCUT2D eigenvalue weighted by atomic mass is 9.76. The fraction of sp³-hybridized carbons (Fsp3) is 0.650. The molecule has 1 amide bonds. The Bertz CT molecular complexity index is 643. The van der Waals surface area contributed by atoms with E-state index >= 15 is 0 Å². The zero-order valence-electron chi connectivity index (χ0n) is 15.8. The van der Waals surface area contributed by atoms with Crippen LogP contribution in [-0.2, 0) is 16.0 Å². The maximum atomic E-state index is 12.4. The molecule has 1 unspecified atom stereocenters. The van der Waals surface area contributed by atoms with Crippen molar-refractivity contribution in [2.24, 2.45) is 10.8 Å². The molecule has 0 saturated carbocycles. The van der Waals surface area contributed by atoms with Crippen molar-refractivity contribution in [2.75, 3.05) is 33.6 Å². The van der Waals surface area contributed by atoms with Crippen LogP contribution in [0.25, 0.3) is 0 Å². The minimum Gasteiger partial charge on any atom is -0.454 e. The van der Waals surface area contributed by atoms with E-state index in [2.05, 4.69) is 32.9 Å². The van der Waals surface area contributed by atoms with Crippen LogP contribution < -0.4 is 9.47 Å². The van der Waals surface area contributed by atoms with Gasteiger partial charge in [-0.05, 0) is 36.0 Å². The van der Waals surface area contributed by atoms with Gasteiger partial charge in [0, 0.05) is 32.0 Å². The Kier molecular flexibility index (Phi) is 4.96. The van der Waals surface area contributed by atoms with E-state index in [-0.39, 0.29) is 16.7 Å². The smallest absolute Gasteiger partial charge is 0.231 e. The number of methoxy groups -OCH3 is 1. The van der Waals surface area contributed by atoms with Gasteiger partial charge in [-0.1, -0.05) is 26.8 Å². The van der Waals surface area contributed by atoms with Gasteiger partial charge in [-0.15, -0.1) is 0 Å². The number of fused-ring (bicyclic) bond motifs is 1. The van der Waals surface area contributed by atoms with Gasteiger partial charge in [0.25, 0.3) is 0 Å². The highest BCUT2D eigenvalue weighted by atomic mass is 16.7. The molecule has 1 fully saturated rings. The Labute approximate surface area is 150 Å². The van der Waals surface area contributed by atoms with E-state index in [1.807, 2.05) is 11.0 Å². The molecule has 2 heterocycles. The fourth-order valence-electron chi connectivity index (χ4n) is 3.98. The van der Waals surface area contributed by atoms with E-state index in [0.717, 1.165) is 37.4 Å². The molecular weight excluding hydrogens is 318 g/mol. The highest BCUT2D eigenvalue weighted by molar-refractivity contribution is 5.77. The van der Waals surface area contributed by atoms with Gasteiger partial charge in [0.2, 0.25) is 12.7 Å². The van der Waals surface area contributed by atoms with Gasteiger partial charge in [-0.3, -0.25) is 4.79 Å². The second-order valence-corrected chi connectivity index (χ2v) is 8.52. The van der Waals surface area contributed by atoms with Crippen LogP contribution in [0.1, 0.15) is 39.2 Å². The topological polar surface area (TPSA) is 48.0 Å². The number of hydrogen-bond donors (Lipinski definition) is 0. The number of hydrogen-bond acceptors (Lipinski definition) is 4. The van der Waals surface area contributed by atoms with E-state index in [1.54, 1.807) is 7.11 Å². The predicted octanol–water partition coefficient (Wildman–Crippen LogP) is 3.26. The summed E-state index contributed by atoms with van der Waals surface area (Å²) in [5.74, 6) is 1.90. The van der Waals surface area contributed by atoms with Gasteiger partial charge >= 0.3 is 0 Å². The Morgan fingerprint density at radius 3 is 2.80 bits per heavy atom. The summed E-state index contributed by atoms with van der Waals surface area (Å²) in [6, 6.07) is 6.16. The third-order valence-electron chi connectivity index (χ3n) is 5.09. The zero-order chi connectivity index (χ0) is 18.1. The Morgan fingerprint density at radius 2 is 2.04 bits per heavy atom. The summed E-state index contributed by atoms with van der Waals surface area (Å²) in [7, 11) is 1.71. The van der Waals surface area contributed by atoms with Crippen molar-refractivity contribution in [1.82, 2.24) is 4.90 Å². The van der Waals surface area contributed by atoms with E-state index < -0.39 is 0 Å². The number of ether oxygens (including phenoxy) is 3. The summed E-state index contributed by atoms with van der Waals surface area (Å²) in [4.78, 5) is 14.4. The van der Waals surface area contributed by atoms with Crippen LogP contribution in [0.3, 0.4) is 0 Å². The predicted molar refractivity (Wildman–Crippen MR) is 95.8 cm³/mol. The molecule has 1 atom stereocenters. The third-order valence-corrected chi connectivity index (χ3v) is 5.09. The van der Waals surface area contributed by atoms with Gasteiger partial charge in [0.15, 0.2) is 11.5 Å². The second-order valence-electron chi connectivity index (χ2n) is 8.52. The minimum atomic E-state index is -0.0403. The summed E-state index contributed by atoms with van der Waals surface area (Å²) < 4.78 is 16.2. The molecule has 0 aliphatic carbocycles. The molecule has 3 rings (SSSR count). The van der Waals surface area contributed by atoms with Crippen molar-refractivity contribution in [3.8, 4) is 11.5 Å². The average molecular weight is 347 g/mol. The molecule has 1 aromatic carbocycles. The Balaban J connectivity index is 1.69. The summed E-state index contributed by atoms with van der Waals surface area (Å²) in [6.45, 7) is 9.04. The molecule has 0 radical (unpaired) electrons. The molecule has 0 bridgehead atoms. The van der Waals surface area contributed by atoms with Crippen molar-refractivity contribution < 1.29 is 19.0 Å². The summed E-state index contributed by atoms with van der Waals surface area (Å²) >= 11 is 0. The van der Waals surface area contributed by atoms with Crippen molar-refractivity contribution >= 4 is 5.91 Å². The minimum absolute atomic E-state index is 0.0403. The quantitative estimate of drug-likeness (QED) is 0.792. The number of rotatable bonds is 6. The number of carbonyl (C=O) groups is 1. The number of piperidine rings is 1. The van der Waals surface area contributed by atoms with Crippen LogP contribution in [-0.4, -0.2) is 44.4 Å². The Hall–Kier alpha value is -1.75. The van der Waals surface area contributed by atoms with Gasteiger partial charge in [-0.2, -0.15) is 0 Å². The van der Waals surface area contributed by atoms with Crippen molar-refractivity contribution in [3.63, 3.8) is 0 Å². The monoisotopic (exact) mass is 347 g/mol. The van der Waals surface area contributed by atoms with Gasteiger partial charge < -0.3 is 19.1 Å². The van der Waals surface area contributed by atoms with Crippen LogP contribution in [0.2, 0.25) is 0 Å².